The van der Waals surface area contributed by atoms with Gasteiger partial charge < -0.3 is 10.2 Å². The highest BCUT2D eigenvalue weighted by atomic mass is 32.2. The molecule has 1 aliphatic carbocycles. The lowest BCUT2D eigenvalue weighted by molar-refractivity contribution is -0.137. The molecule has 3 unspecified atom stereocenters. The average molecular weight is 377 g/mol. The number of piperidine rings is 1. The number of hydrogen-bond acceptors (Lipinski definition) is 4. The number of hydrogen-bond donors (Lipinski definition) is 2. The molecule has 7 nitrogen and oxygen atoms in total. The van der Waals surface area contributed by atoms with Crippen LogP contribution in [-0.2, 0) is 19.6 Å². The summed E-state index contributed by atoms with van der Waals surface area (Å²) in [4.78, 5) is 27.0. The highest BCUT2D eigenvalue weighted by Gasteiger charge is 2.46. The van der Waals surface area contributed by atoms with E-state index in [-0.39, 0.29) is 36.1 Å². The molecule has 3 atom stereocenters. The van der Waals surface area contributed by atoms with Crippen LogP contribution in [0.25, 0.3) is 0 Å². The van der Waals surface area contributed by atoms with Crippen LogP contribution in [0.1, 0.15) is 30.7 Å². The van der Waals surface area contributed by atoms with Gasteiger partial charge in [0.05, 0.1) is 12.2 Å². The van der Waals surface area contributed by atoms with E-state index in [0.717, 1.165) is 18.4 Å². The first-order valence-corrected chi connectivity index (χ1v) is 10.9. The predicted octanol–water partition coefficient (Wildman–Crippen LogP) is 0.899. The van der Waals surface area contributed by atoms with Crippen molar-refractivity contribution < 1.29 is 18.0 Å². The Bertz CT molecular complexity index is 840. The summed E-state index contributed by atoms with van der Waals surface area (Å²) < 4.78 is 26.0. The standard InChI is InChI=1S/C18H23N3O4S/c1-26(24,25)20-17-11-6-7-12(17)10-21(9-11)18(23)14-8-16(22)19-15-5-3-2-4-13(14)15/h2-5,11-12,14,17,20H,6-10H2,1H3,(H,19,22). The van der Waals surface area contributed by atoms with Crippen molar-refractivity contribution in [1.29, 1.82) is 0 Å². The van der Waals surface area contributed by atoms with E-state index >= 15 is 0 Å². The largest absolute Gasteiger partial charge is 0.341 e. The summed E-state index contributed by atoms with van der Waals surface area (Å²) in [5, 5.41) is 2.82. The van der Waals surface area contributed by atoms with Crippen LogP contribution in [0.2, 0.25) is 0 Å². The normalized spacial score (nSPS) is 30.7. The fourth-order valence-electron chi connectivity index (χ4n) is 4.69. The molecule has 2 bridgehead atoms. The molecule has 0 radical (unpaired) electrons. The second-order valence-corrected chi connectivity index (χ2v) is 9.43. The molecule has 1 aromatic rings. The summed E-state index contributed by atoms with van der Waals surface area (Å²) in [6.45, 7) is 1.09. The van der Waals surface area contributed by atoms with Crippen molar-refractivity contribution in [3.63, 3.8) is 0 Å². The van der Waals surface area contributed by atoms with E-state index in [4.69, 9.17) is 0 Å². The first-order valence-electron chi connectivity index (χ1n) is 8.96. The number of sulfonamides is 1. The van der Waals surface area contributed by atoms with Gasteiger partial charge >= 0.3 is 0 Å². The maximum absolute atomic E-state index is 13.2. The second kappa shape index (κ2) is 6.35. The summed E-state index contributed by atoms with van der Waals surface area (Å²) in [5.74, 6) is -0.348. The zero-order valence-electron chi connectivity index (χ0n) is 14.6. The third-order valence-corrected chi connectivity index (χ3v) is 6.49. The number of nitrogens with one attached hydrogen (secondary N) is 2. The third-order valence-electron chi connectivity index (χ3n) is 5.79. The molecule has 3 aliphatic rings. The minimum Gasteiger partial charge on any atom is -0.341 e. The van der Waals surface area contributed by atoms with Gasteiger partial charge in [0, 0.05) is 31.2 Å². The van der Waals surface area contributed by atoms with Crippen LogP contribution >= 0.6 is 0 Å². The number of amides is 2. The van der Waals surface area contributed by atoms with Gasteiger partial charge in [-0.1, -0.05) is 18.2 Å². The number of fused-ring (bicyclic) bond motifs is 3. The SMILES string of the molecule is CS(=O)(=O)NC1C2CCC1CN(C(=O)C1CC(=O)Nc3ccccc31)C2. The van der Waals surface area contributed by atoms with Gasteiger partial charge in [-0.2, -0.15) is 0 Å². The van der Waals surface area contributed by atoms with Crippen LogP contribution in [0.4, 0.5) is 5.69 Å². The Morgan fingerprint density at radius 1 is 1.19 bits per heavy atom. The molecule has 0 spiro atoms. The quantitative estimate of drug-likeness (QED) is 0.818. The zero-order valence-corrected chi connectivity index (χ0v) is 15.5. The third kappa shape index (κ3) is 3.23. The van der Waals surface area contributed by atoms with Crippen LogP contribution in [0.15, 0.2) is 24.3 Å². The Morgan fingerprint density at radius 3 is 2.50 bits per heavy atom. The van der Waals surface area contributed by atoms with E-state index in [9.17, 15) is 18.0 Å². The summed E-state index contributed by atoms with van der Waals surface area (Å²) in [6.07, 6.45) is 3.18. The number of nitrogens with zero attached hydrogens (tertiary/aromatic N) is 1. The van der Waals surface area contributed by atoms with Crippen molar-refractivity contribution in [2.24, 2.45) is 11.8 Å². The molecule has 2 amide bonds. The molecule has 140 valence electrons. The topological polar surface area (TPSA) is 95.6 Å². The van der Waals surface area contributed by atoms with Gasteiger partial charge in [0.1, 0.15) is 0 Å². The van der Waals surface area contributed by atoms with Crippen LogP contribution in [0.5, 0.6) is 0 Å². The molecule has 26 heavy (non-hydrogen) atoms. The summed E-state index contributed by atoms with van der Waals surface area (Å²) >= 11 is 0. The molecule has 1 saturated heterocycles. The smallest absolute Gasteiger partial charge is 0.230 e. The molecular weight excluding hydrogens is 354 g/mol. The van der Waals surface area contributed by atoms with Gasteiger partial charge in [-0.25, -0.2) is 13.1 Å². The number of rotatable bonds is 3. The van der Waals surface area contributed by atoms with Gasteiger partial charge in [-0.15, -0.1) is 0 Å². The Kier molecular flexibility index (Phi) is 4.27. The summed E-state index contributed by atoms with van der Waals surface area (Å²) in [6, 6.07) is 7.34. The summed E-state index contributed by atoms with van der Waals surface area (Å²) in [7, 11) is -3.26. The zero-order chi connectivity index (χ0) is 18.5. The van der Waals surface area contributed by atoms with E-state index in [0.29, 0.717) is 18.8 Å². The molecule has 2 aliphatic heterocycles. The highest BCUT2D eigenvalue weighted by Crippen LogP contribution is 2.40. The van der Waals surface area contributed by atoms with E-state index in [2.05, 4.69) is 10.0 Å². The van der Waals surface area contributed by atoms with Crippen LogP contribution in [0.3, 0.4) is 0 Å². The fraction of sp³-hybridized carbons (Fsp3) is 0.556. The number of para-hydroxylation sites is 1. The van der Waals surface area contributed by atoms with Gasteiger partial charge in [0.25, 0.3) is 0 Å². The van der Waals surface area contributed by atoms with Crippen molar-refractivity contribution in [2.45, 2.75) is 31.2 Å². The number of benzene rings is 1. The molecule has 1 saturated carbocycles. The minimum absolute atomic E-state index is 0.0259. The van der Waals surface area contributed by atoms with Gasteiger partial charge in [-0.3, -0.25) is 9.59 Å². The number of carbonyl (C=O) groups excluding carboxylic acids is 2. The van der Waals surface area contributed by atoms with E-state index in [1.165, 1.54) is 6.26 Å². The van der Waals surface area contributed by atoms with E-state index in [1.807, 2.05) is 29.2 Å². The van der Waals surface area contributed by atoms with Gasteiger partial charge in [-0.05, 0) is 36.3 Å². The molecule has 1 aromatic carbocycles. The minimum atomic E-state index is -3.26. The van der Waals surface area contributed by atoms with Crippen molar-refractivity contribution in [3.05, 3.63) is 29.8 Å². The maximum atomic E-state index is 13.2. The lowest BCUT2D eigenvalue weighted by Gasteiger charge is -2.40. The highest BCUT2D eigenvalue weighted by molar-refractivity contribution is 7.88. The van der Waals surface area contributed by atoms with E-state index < -0.39 is 15.9 Å². The summed E-state index contributed by atoms with van der Waals surface area (Å²) in [5.41, 5.74) is 1.57. The lowest BCUT2D eigenvalue weighted by Crippen LogP contribution is -2.54. The van der Waals surface area contributed by atoms with Crippen molar-refractivity contribution in [2.75, 3.05) is 24.7 Å². The monoisotopic (exact) mass is 377 g/mol. The lowest BCUT2D eigenvalue weighted by atomic mass is 9.87. The van der Waals surface area contributed by atoms with Crippen molar-refractivity contribution >= 4 is 27.5 Å². The number of anilines is 1. The van der Waals surface area contributed by atoms with Crippen molar-refractivity contribution in [1.82, 2.24) is 9.62 Å². The van der Waals surface area contributed by atoms with Crippen LogP contribution in [0, 0.1) is 11.8 Å². The van der Waals surface area contributed by atoms with Crippen LogP contribution < -0.4 is 10.0 Å². The Hall–Kier alpha value is -1.93. The van der Waals surface area contributed by atoms with Crippen LogP contribution in [-0.4, -0.2) is 50.5 Å². The number of likely N-dealkylation sites (tertiary alicyclic amines) is 1. The average Bonchev–Trinajstić information content (AvgIpc) is 2.81. The first-order chi connectivity index (χ1) is 12.3. The Labute approximate surface area is 153 Å². The second-order valence-electron chi connectivity index (χ2n) is 7.65. The van der Waals surface area contributed by atoms with E-state index in [1.54, 1.807) is 0 Å². The molecule has 8 heteroatoms. The Morgan fingerprint density at radius 2 is 1.85 bits per heavy atom. The molecule has 0 aromatic heterocycles. The molecular formula is C18H23N3O4S. The molecule has 2 N–H and O–H groups in total. The van der Waals surface area contributed by atoms with Gasteiger partial charge in [0.15, 0.2) is 0 Å². The maximum Gasteiger partial charge on any atom is 0.230 e. The fourth-order valence-corrected chi connectivity index (χ4v) is 5.57. The molecule has 2 fully saturated rings. The van der Waals surface area contributed by atoms with Crippen molar-refractivity contribution in [3.8, 4) is 0 Å². The predicted molar refractivity (Wildman–Crippen MR) is 97.0 cm³/mol. The number of carbonyl (C=O) groups is 2. The van der Waals surface area contributed by atoms with Gasteiger partial charge in [0.2, 0.25) is 21.8 Å². The Balaban J connectivity index is 1.53. The first kappa shape index (κ1) is 17.5. The molecule has 2 heterocycles. The molecule has 4 rings (SSSR count).